The van der Waals surface area contributed by atoms with E-state index in [2.05, 4.69) is 47.8 Å². The summed E-state index contributed by atoms with van der Waals surface area (Å²) in [5, 5.41) is 3.56. The molecule has 1 heterocycles. The molecule has 1 aliphatic heterocycles. The summed E-state index contributed by atoms with van der Waals surface area (Å²) in [7, 11) is 0. The van der Waals surface area contributed by atoms with Gasteiger partial charge in [0.2, 0.25) is 0 Å². The molecule has 0 bridgehead atoms. The quantitative estimate of drug-likeness (QED) is 0.663. The van der Waals surface area contributed by atoms with Crippen LogP contribution in [0.15, 0.2) is 52.3 Å². The van der Waals surface area contributed by atoms with Crippen molar-refractivity contribution in [2.24, 2.45) is 0 Å². The number of benzene rings is 1. The molecule has 0 saturated heterocycles. The van der Waals surface area contributed by atoms with Gasteiger partial charge >= 0.3 is 0 Å². The van der Waals surface area contributed by atoms with Gasteiger partial charge in [0.25, 0.3) is 0 Å². The molecule has 0 spiro atoms. The largest absolute Gasteiger partial charge is 0.376 e. The normalized spacial score (nSPS) is 21.6. The first-order valence-corrected chi connectivity index (χ1v) is 5.65. The molecule has 1 nitrogen and oxygen atoms in total. The molecular formula is C12H11NPbS. The van der Waals surface area contributed by atoms with Crippen LogP contribution < -0.4 is 5.32 Å². The van der Waals surface area contributed by atoms with Gasteiger partial charge < -0.3 is 5.32 Å². The van der Waals surface area contributed by atoms with Gasteiger partial charge in [-0.05, 0) is 18.6 Å². The van der Waals surface area contributed by atoms with Gasteiger partial charge in [0.1, 0.15) is 0 Å². The summed E-state index contributed by atoms with van der Waals surface area (Å²) in [6.45, 7) is 0. The topological polar surface area (TPSA) is 12.0 Å². The molecular weight excluding hydrogens is 397 g/mol. The van der Waals surface area contributed by atoms with E-state index >= 15 is 0 Å². The van der Waals surface area contributed by atoms with Crippen molar-refractivity contribution in [1.82, 2.24) is 0 Å². The molecule has 2 aliphatic rings. The molecule has 4 radical (unpaired) electrons. The first-order chi connectivity index (χ1) is 6.93. The predicted octanol–water partition coefficient (Wildman–Crippen LogP) is 3.04. The summed E-state index contributed by atoms with van der Waals surface area (Å²) in [6, 6.07) is 8.99. The smallest absolute Gasteiger partial charge is 0.0611 e. The zero-order chi connectivity index (χ0) is 9.38. The Kier molecular flexibility index (Phi) is 3.56. The average Bonchev–Trinajstić information content (AvgIpc) is 2.26. The summed E-state index contributed by atoms with van der Waals surface area (Å²) in [6.07, 6.45) is 7.68. The second kappa shape index (κ2) is 4.74. The fraction of sp³-hybridized carbons (Fsp3) is 0.167. The Balaban J connectivity index is 0.000000853. The van der Waals surface area contributed by atoms with Crippen molar-refractivity contribution in [2.45, 2.75) is 17.4 Å². The molecule has 0 fully saturated rings. The Labute approximate surface area is 114 Å². The number of rotatable bonds is 0. The van der Waals surface area contributed by atoms with Crippen LogP contribution in [0.5, 0.6) is 0 Å². The Morgan fingerprint density at radius 2 is 2.13 bits per heavy atom. The van der Waals surface area contributed by atoms with Crippen LogP contribution in [0.1, 0.15) is 6.42 Å². The minimum absolute atomic E-state index is 0. The first kappa shape index (κ1) is 11.3. The molecule has 1 unspecified atom stereocenters. The van der Waals surface area contributed by atoms with Gasteiger partial charge in [-0.25, -0.2) is 0 Å². The van der Waals surface area contributed by atoms with E-state index in [4.69, 9.17) is 0 Å². The third kappa shape index (κ3) is 2.15. The number of nitrogens with one attached hydrogen (secondary N) is 1. The van der Waals surface area contributed by atoms with Crippen LogP contribution in [0.2, 0.25) is 0 Å². The standard InChI is InChI=1S/C12H11NS.Pb/c1-3-7-11-9(5-1)13-10-6-2-4-8-12(10)14-11;/h1-5,7-8,10,13H,6H2;. The van der Waals surface area contributed by atoms with Crippen molar-refractivity contribution in [3.63, 3.8) is 0 Å². The molecule has 0 aromatic heterocycles. The molecule has 3 heteroatoms. The van der Waals surface area contributed by atoms with Crippen LogP contribution >= 0.6 is 11.8 Å². The number of anilines is 1. The van der Waals surface area contributed by atoms with Crippen LogP contribution in [0.25, 0.3) is 0 Å². The van der Waals surface area contributed by atoms with Gasteiger partial charge in [-0.15, -0.1) is 0 Å². The van der Waals surface area contributed by atoms with Crippen molar-refractivity contribution in [3.05, 3.63) is 47.4 Å². The van der Waals surface area contributed by atoms with Crippen molar-refractivity contribution >= 4 is 44.7 Å². The fourth-order valence-electron chi connectivity index (χ4n) is 1.83. The van der Waals surface area contributed by atoms with Crippen molar-refractivity contribution in [1.29, 1.82) is 0 Å². The Bertz CT molecular complexity index is 425. The van der Waals surface area contributed by atoms with Crippen LogP contribution in [0.4, 0.5) is 5.69 Å². The molecule has 1 N–H and O–H groups in total. The average molecular weight is 408 g/mol. The second-order valence-corrected chi connectivity index (χ2v) is 4.64. The van der Waals surface area contributed by atoms with Crippen LogP contribution in [-0.4, -0.2) is 33.3 Å². The van der Waals surface area contributed by atoms with Gasteiger partial charge in [0.05, 0.1) is 6.04 Å². The number of hydrogen-bond acceptors (Lipinski definition) is 2. The van der Waals surface area contributed by atoms with Gasteiger partial charge in [0.15, 0.2) is 0 Å². The van der Waals surface area contributed by atoms with Crippen molar-refractivity contribution < 1.29 is 0 Å². The number of para-hydroxylation sites is 1. The second-order valence-electron chi connectivity index (χ2n) is 3.53. The number of fused-ring (bicyclic) bond motifs is 2. The van der Waals surface area contributed by atoms with E-state index in [1.807, 2.05) is 11.8 Å². The van der Waals surface area contributed by atoms with E-state index in [1.54, 1.807) is 0 Å². The molecule has 1 aromatic carbocycles. The summed E-state index contributed by atoms with van der Waals surface area (Å²) in [4.78, 5) is 2.77. The zero-order valence-electron chi connectivity index (χ0n) is 8.23. The summed E-state index contributed by atoms with van der Waals surface area (Å²) in [5.74, 6) is 0. The van der Waals surface area contributed by atoms with E-state index in [0.717, 1.165) is 6.42 Å². The van der Waals surface area contributed by atoms with Gasteiger partial charge in [-0.1, -0.05) is 42.1 Å². The molecule has 15 heavy (non-hydrogen) atoms. The predicted molar refractivity (Wildman–Crippen MR) is 67.3 cm³/mol. The van der Waals surface area contributed by atoms with Crippen LogP contribution in [-0.2, 0) is 0 Å². The van der Waals surface area contributed by atoms with Crippen LogP contribution in [0.3, 0.4) is 0 Å². The maximum absolute atomic E-state index is 3.56. The Morgan fingerprint density at radius 3 is 3.07 bits per heavy atom. The number of thioether (sulfide) groups is 1. The van der Waals surface area contributed by atoms with E-state index in [-0.39, 0.29) is 27.3 Å². The zero-order valence-corrected chi connectivity index (χ0v) is 12.9. The molecule has 74 valence electrons. The summed E-state index contributed by atoms with van der Waals surface area (Å²) >= 11 is 1.89. The van der Waals surface area contributed by atoms with E-state index in [9.17, 15) is 0 Å². The summed E-state index contributed by atoms with van der Waals surface area (Å²) in [5.41, 5.74) is 1.27. The van der Waals surface area contributed by atoms with E-state index in [0.29, 0.717) is 6.04 Å². The van der Waals surface area contributed by atoms with Gasteiger partial charge in [-0.2, -0.15) is 0 Å². The number of hydrogen-bond donors (Lipinski definition) is 1. The van der Waals surface area contributed by atoms with Gasteiger partial charge in [-0.3, -0.25) is 0 Å². The Hall–Kier alpha value is -0.228. The van der Waals surface area contributed by atoms with E-state index < -0.39 is 0 Å². The van der Waals surface area contributed by atoms with Crippen molar-refractivity contribution in [3.8, 4) is 0 Å². The molecule has 0 amide bonds. The minimum Gasteiger partial charge on any atom is -0.376 e. The third-order valence-electron chi connectivity index (χ3n) is 2.56. The van der Waals surface area contributed by atoms with Gasteiger partial charge in [0, 0.05) is 42.8 Å². The monoisotopic (exact) mass is 409 g/mol. The molecule has 1 atom stereocenters. The summed E-state index contributed by atoms with van der Waals surface area (Å²) < 4.78 is 0. The third-order valence-corrected chi connectivity index (χ3v) is 3.79. The Morgan fingerprint density at radius 1 is 1.27 bits per heavy atom. The fourth-order valence-corrected chi connectivity index (χ4v) is 2.92. The maximum Gasteiger partial charge on any atom is 0.0611 e. The van der Waals surface area contributed by atoms with E-state index in [1.165, 1.54) is 15.5 Å². The number of allylic oxidation sites excluding steroid dienone is 2. The first-order valence-electron chi connectivity index (χ1n) is 4.83. The molecule has 1 aliphatic carbocycles. The molecule has 0 saturated carbocycles. The van der Waals surface area contributed by atoms with Crippen LogP contribution in [0, 0.1) is 0 Å². The maximum atomic E-state index is 3.56. The molecule has 3 rings (SSSR count). The minimum atomic E-state index is 0. The van der Waals surface area contributed by atoms with Crippen molar-refractivity contribution in [2.75, 3.05) is 5.32 Å². The SMILES string of the molecule is C1=CCC2Nc3ccccc3SC2=C1.[Pb]. The molecule has 1 aromatic rings.